The summed E-state index contributed by atoms with van der Waals surface area (Å²) < 4.78 is 38.8. The molecule has 1 aliphatic rings. The molecule has 8 nitrogen and oxygen atoms in total. The number of nitrogens with one attached hydrogen (secondary N) is 1. The van der Waals surface area contributed by atoms with Crippen LogP contribution in [0.2, 0.25) is 0 Å². The lowest BCUT2D eigenvalue weighted by molar-refractivity contribution is 0.102. The van der Waals surface area contributed by atoms with Gasteiger partial charge in [0.05, 0.1) is 30.2 Å². The summed E-state index contributed by atoms with van der Waals surface area (Å²) >= 11 is 0. The van der Waals surface area contributed by atoms with Crippen LogP contribution in [0, 0.1) is 11.3 Å². The van der Waals surface area contributed by atoms with Crippen molar-refractivity contribution in [2.24, 2.45) is 0 Å². The third kappa shape index (κ3) is 6.46. The number of anilines is 1. The zero-order valence-electron chi connectivity index (χ0n) is 18.7. The molecule has 0 unspecified atom stereocenters. The van der Waals surface area contributed by atoms with E-state index in [-0.39, 0.29) is 16.2 Å². The van der Waals surface area contributed by atoms with E-state index in [0.717, 1.165) is 25.7 Å². The van der Waals surface area contributed by atoms with Gasteiger partial charge in [0.15, 0.2) is 0 Å². The van der Waals surface area contributed by atoms with Crippen LogP contribution in [-0.4, -0.2) is 45.4 Å². The second-order valence-electron chi connectivity index (χ2n) is 7.77. The molecule has 176 valence electrons. The van der Waals surface area contributed by atoms with Gasteiger partial charge in [-0.3, -0.25) is 4.79 Å². The minimum atomic E-state index is -3.71. The summed E-state index contributed by atoms with van der Waals surface area (Å²) in [4.78, 5) is 13.1. The first-order valence-corrected chi connectivity index (χ1v) is 12.5. The molecule has 1 aliphatic heterocycles. The number of hydrogen-bond donors (Lipinski definition) is 1. The molecule has 0 aliphatic carbocycles. The Hall–Kier alpha value is -3.09. The first kappa shape index (κ1) is 24.6. The molecule has 0 spiro atoms. The van der Waals surface area contributed by atoms with Crippen LogP contribution in [0.15, 0.2) is 47.4 Å². The van der Waals surface area contributed by atoms with Gasteiger partial charge < -0.3 is 14.8 Å². The number of amides is 1. The number of benzene rings is 2. The summed E-state index contributed by atoms with van der Waals surface area (Å²) in [5.74, 6) is 0.364. The van der Waals surface area contributed by atoms with E-state index in [1.165, 1.54) is 29.6 Å². The van der Waals surface area contributed by atoms with E-state index in [2.05, 4.69) is 11.4 Å². The number of methoxy groups -OCH3 is 1. The monoisotopic (exact) mass is 471 g/mol. The van der Waals surface area contributed by atoms with Crippen LogP contribution in [0.25, 0.3) is 0 Å². The molecular weight excluding hydrogens is 442 g/mol. The van der Waals surface area contributed by atoms with E-state index >= 15 is 0 Å². The molecule has 2 aromatic rings. The molecule has 1 saturated heterocycles. The smallest absolute Gasteiger partial charge is 0.259 e. The molecule has 9 heteroatoms. The van der Waals surface area contributed by atoms with Crippen molar-refractivity contribution >= 4 is 21.6 Å². The van der Waals surface area contributed by atoms with Gasteiger partial charge in [0, 0.05) is 31.3 Å². The Labute approximate surface area is 195 Å². The molecule has 0 saturated carbocycles. The van der Waals surface area contributed by atoms with E-state index in [1.807, 2.05) is 0 Å². The average Bonchev–Trinajstić information content (AvgIpc) is 3.12. The van der Waals surface area contributed by atoms with Gasteiger partial charge in [-0.25, -0.2) is 8.42 Å². The fourth-order valence-corrected chi connectivity index (χ4v) is 5.20. The maximum Gasteiger partial charge on any atom is 0.259 e. The highest BCUT2D eigenvalue weighted by atomic mass is 32.2. The van der Waals surface area contributed by atoms with Gasteiger partial charge in [0.2, 0.25) is 10.0 Å². The minimum absolute atomic E-state index is 0.0740. The summed E-state index contributed by atoms with van der Waals surface area (Å²) in [6.07, 6.45) is 4.72. The summed E-state index contributed by atoms with van der Waals surface area (Å²) in [5, 5.41) is 11.4. The standard InChI is InChI=1S/C24H29N3O5S/c1-31-23-12-11-21(33(29,30)27-14-5-2-3-6-15-27)18-22(23)24(28)26-19-9-8-10-20(17-19)32-16-7-4-13-25/h8-12,17-18H,2-7,14-16H2,1H3,(H,26,28). The molecule has 1 heterocycles. The lowest BCUT2D eigenvalue weighted by Gasteiger charge is -2.20. The lowest BCUT2D eigenvalue weighted by Crippen LogP contribution is -2.32. The summed E-state index contributed by atoms with van der Waals surface area (Å²) in [6, 6.07) is 13.3. The molecule has 1 amide bonds. The van der Waals surface area contributed by atoms with Crippen LogP contribution in [0.3, 0.4) is 0 Å². The number of nitrogens with zero attached hydrogens (tertiary/aromatic N) is 2. The number of carbonyl (C=O) groups is 1. The SMILES string of the molecule is COc1ccc(S(=O)(=O)N2CCCCCC2)cc1C(=O)Nc1cccc(OCCCC#N)c1. The molecule has 3 rings (SSSR count). The predicted octanol–water partition coefficient (Wildman–Crippen LogP) is 4.19. The maximum absolute atomic E-state index is 13.2. The minimum Gasteiger partial charge on any atom is -0.496 e. The average molecular weight is 472 g/mol. The second-order valence-corrected chi connectivity index (χ2v) is 9.71. The number of carbonyl (C=O) groups excluding carboxylic acids is 1. The summed E-state index contributed by atoms with van der Waals surface area (Å²) in [7, 11) is -2.27. The largest absolute Gasteiger partial charge is 0.496 e. The van der Waals surface area contributed by atoms with Crippen LogP contribution in [0.5, 0.6) is 11.5 Å². The number of hydrogen-bond acceptors (Lipinski definition) is 6. The second kappa shape index (κ2) is 11.7. The number of sulfonamides is 1. The van der Waals surface area contributed by atoms with Gasteiger partial charge in [-0.15, -0.1) is 0 Å². The van der Waals surface area contributed by atoms with Gasteiger partial charge >= 0.3 is 0 Å². The van der Waals surface area contributed by atoms with E-state index in [9.17, 15) is 13.2 Å². The zero-order valence-corrected chi connectivity index (χ0v) is 19.6. The molecule has 0 bridgehead atoms. The van der Waals surface area contributed by atoms with Crippen LogP contribution < -0.4 is 14.8 Å². The molecular formula is C24H29N3O5S. The van der Waals surface area contributed by atoms with E-state index in [1.54, 1.807) is 24.3 Å². The first-order valence-electron chi connectivity index (χ1n) is 11.0. The van der Waals surface area contributed by atoms with Crippen LogP contribution in [0.4, 0.5) is 5.69 Å². The first-order chi connectivity index (χ1) is 16.0. The Balaban J connectivity index is 1.79. The van der Waals surface area contributed by atoms with Gasteiger partial charge in [0.1, 0.15) is 11.5 Å². The highest BCUT2D eigenvalue weighted by Crippen LogP contribution is 2.27. The highest BCUT2D eigenvalue weighted by Gasteiger charge is 2.27. The van der Waals surface area contributed by atoms with E-state index in [0.29, 0.717) is 44.0 Å². The van der Waals surface area contributed by atoms with Crippen molar-refractivity contribution in [2.45, 2.75) is 43.4 Å². The third-order valence-corrected chi connectivity index (χ3v) is 7.31. The molecule has 0 radical (unpaired) electrons. The van der Waals surface area contributed by atoms with Crippen molar-refractivity contribution in [1.29, 1.82) is 5.26 Å². The molecule has 1 N–H and O–H groups in total. The molecule has 2 aromatic carbocycles. The number of rotatable bonds is 9. The Morgan fingerprint density at radius 1 is 1.12 bits per heavy atom. The lowest BCUT2D eigenvalue weighted by atomic mass is 10.1. The van der Waals surface area contributed by atoms with Crippen LogP contribution in [0.1, 0.15) is 48.9 Å². The fraction of sp³-hybridized carbons (Fsp3) is 0.417. The van der Waals surface area contributed by atoms with Gasteiger partial charge in [-0.1, -0.05) is 18.9 Å². The number of ether oxygens (including phenoxy) is 2. The van der Waals surface area contributed by atoms with Crippen molar-refractivity contribution in [1.82, 2.24) is 4.31 Å². The van der Waals surface area contributed by atoms with Gasteiger partial charge in [0.25, 0.3) is 5.91 Å². The van der Waals surface area contributed by atoms with Crippen molar-refractivity contribution in [3.63, 3.8) is 0 Å². The third-order valence-electron chi connectivity index (χ3n) is 5.41. The Morgan fingerprint density at radius 3 is 2.58 bits per heavy atom. The van der Waals surface area contributed by atoms with E-state index < -0.39 is 15.9 Å². The maximum atomic E-state index is 13.2. The Morgan fingerprint density at radius 2 is 1.88 bits per heavy atom. The van der Waals surface area contributed by atoms with Crippen LogP contribution >= 0.6 is 0 Å². The zero-order chi connectivity index (χ0) is 23.7. The summed E-state index contributed by atoms with van der Waals surface area (Å²) in [5.41, 5.74) is 0.634. The van der Waals surface area contributed by atoms with Crippen molar-refractivity contribution in [3.8, 4) is 17.6 Å². The highest BCUT2D eigenvalue weighted by molar-refractivity contribution is 7.89. The normalized spacial score (nSPS) is 14.7. The fourth-order valence-electron chi connectivity index (χ4n) is 3.66. The quantitative estimate of drug-likeness (QED) is 0.549. The van der Waals surface area contributed by atoms with Crippen molar-refractivity contribution in [2.75, 3.05) is 32.1 Å². The van der Waals surface area contributed by atoms with Crippen molar-refractivity contribution in [3.05, 3.63) is 48.0 Å². The topological polar surface area (TPSA) is 109 Å². The molecule has 0 atom stereocenters. The Kier molecular flexibility index (Phi) is 8.69. The predicted molar refractivity (Wildman–Crippen MR) is 125 cm³/mol. The van der Waals surface area contributed by atoms with Gasteiger partial charge in [-0.2, -0.15) is 9.57 Å². The van der Waals surface area contributed by atoms with Gasteiger partial charge in [-0.05, 0) is 49.6 Å². The van der Waals surface area contributed by atoms with E-state index in [4.69, 9.17) is 14.7 Å². The summed E-state index contributed by atoms with van der Waals surface area (Å²) in [6.45, 7) is 1.36. The molecule has 0 aromatic heterocycles. The van der Waals surface area contributed by atoms with Crippen molar-refractivity contribution < 1.29 is 22.7 Å². The van der Waals surface area contributed by atoms with Crippen LogP contribution in [-0.2, 0) is 10.0 Å². The Bertz CT molecular complexity index is 1100. The number of nitriles is 1. The number of unbranched alkanes of at least 4 members (excludes halogenated alkanes) is 1. The molecule has 1 fully saturated rings. The molecule has 33 heavy (non-hydrogen) atoms.